The van der Waals surface area contributed by atoms with Gasteiger partial charge >= 0.3 is 0 Å². The Bertz CT molecular complexity index is 1130. The van der Waals surface area contributed by atoms with Crippen LogP contribution in [0.1, 0.15) is 25.8 Å². The third-order valence-electron chi connectivity index (χ3n) is 5.93. The Morgan fingerprint density at radius 2 is 1.76 bits per heavy atom. The number of nitrogens with zero attached hydrogens (tertiary/aromatic N) is 2. The third kappa shape index (κ3) is 5.34. The maximum absolute atomic E-state index is 12.8. The number of carbonyl (C=O) groups excluding carboxylic acids is 2. The molecule has 2 amide bonds. The topological polar surface area (TPSA) is 105 Å². The maximum atomic E-state index is 12.8. The lowest BCUT2D eigenvalue weighted by Crippen LogP contribution is -2.32. The van der Waals surface area contributed by atoms with Crippen LogP contribution in [0.4, 0.5) is 5.69 Å². The number of amides is 2. The lowest BCUT2D eigenvalue weighted by molar-refractivity contribution is -0.126. The summed E-state index contributed by atoms with van der Waals surface area (Å²) in [4.78, 5) is 27.0. The van der Waals surface area contributed by atoms with Crippen LogP contribution in [0.2, 0.25) is 0 Å². The first-order chi connectivity index (χ1) is 16.2. The van der Waals surface area contributed by atoms with Crippen molar-refractivity contribution in [2.24, 2.45) is 5.92 Å². The number of methoxy groups -OCH3 is 2. The number of rotatable bonds is 10. The molecule has 0 bridgehead atoms. The Morgan fingerprint density at radius 3 is 2.35 bits per heavy atom. The summed E-state index contributed by atoms with van der Waals surface area (Å²) in [5, 5.41) is 2.88. The summed E-state index contributed by atoms with van der Waals surface area (Å²) >= 11 is 0. The van der Waals surface area contributed by atoms with E-state index in [1.807, 2.05) is 6.07 Å². The van der Waals surface area contributed by atoms with Crippen molar-refractivity contribution in [3.8, 4) is 11.5 Å². The van der Waals surface area contributed by atoms with Crippen LogP contribution in [0, 0.1) is 5.92 Å². The largest absolute Gasteiger partial charge is 0.497 e. The van der Waals surface area contributed by atoms with Crippen LogP contribution < -0.4 is 19.7 Å². The minimum absolute atomic E-state index is 0.0884. The fraction of sp³-hybridized carbons (Fsp3) is 0.417. The molecule has 3 rings (SSSR count). The van der Waals surface area contributed by atoms with Crippen LogP contribution in [0.3, 0.4) is 0 Å². The van der Waals surface area contributed by atoms with Gasteiger partial charge in [0.15, 0.2) is 0 Å². The molecule has 1 fully saturated rings. The minimum Gasteiger partial charge on any atom is -0.497 e. The number of sulfonamides is 1. The summed E-state index contributed by atoms with van der Waals surface area (Å²) in [6, 6.07) is 11.6. The van der Waals surface area contributed by atoms with Crippen LogP contribution >= 0.6 is 0 Å². The summed E-state index contributed by atoms with van der Waals surface area (Å²) in [5.41, 5.74) is 1.36. The first-order valence-electron chi connectivity index (χ1n) is 11.1. The molecule has 1 aliphatic rings. The molecule has 0 radical (unpaired) electrons. The Kier molecular flexibility index (Phi) is 8.16. The zero-order valence-corrected chi connectivity index (χ0v) is 20.7. The second-order valence-corrected chi connectivity index (χ2v) is 9.82. The van der Waals surface area contributed by atoms with Gasteiger partial charge in [-0.3, -0.25) is 9.59 Å². The second-order valence-electron chi connectivity index (χ2n) is 7.88. The molecule has 34 heavy (non-hydrogen) atoms. The molecule has 1 atom stereocenters. The molecule has 9 nitrogen and oxygen atoms in total. The fourth-order valence-corrected chi connectivity index (χ4v) is 5.43. The lowest BCUT2D eigenvalue weighted by atomic mass is 10.1. The Labute approximate surface area is 200 Å². The van der Waals surface area contributed by atoms with E-state index >= 15 is 0 Å². The van der Waals surface area contributed by atoms with E-state index in [2.05, 4.69) is 5.32 Å². The van der Waals surface area contributed by atoms with E-state index in [-0.39, 0.29) is 36.2 Å². The number of ether oxygens (including phenoxy) is 2. The molecule has 184 valence electrons. The molecular formula is C24H31N3O6S. The summed E-state index contributed by atoms with van der Waals surface area (Å²) in [7, 11) is -0.462. The summed E-state index contributed by atoms with van der Waals surface area (Å²) in [6.45, 7) is 4.82. The van der Waals surface area contributed by atoms with E-state index in [1.165, 1.54) is 21.3 Å². The normalized spacial score (nSPS) is 16.1. The van der Waals surface area contributed by atoms with Gasteiger partial charge in [0, 0.05) is 49.9 Å². The van der Waals surface area contributed by atoms with Crippen molar-refractivity contribution in [2.45, 2.75) is 31.7 Å². The van der Waals surface area contributed by atoms with Crippen molar-refractivity contribution in [2.75, 3.05) is 38.8 Å². The monoisotopic (exact) mass is 489 g/mol. The van der Waals surface area contributed by atoms with Crippen molar-refractivity contribution in [3.63, 3.8) is 0 Å². The smallest absolute Gasteiger partial charge is 0.243 e. The number of carbonyl (C=O) groups is 2. The van der Waals surface area contributed by atoms with E-state index in [0.29, 0.717) is 30.3 Å². The van der Waals surface area contributed by atoms with Crippen LogP contribution in [0.5, 0.6) is 11.5 Å². The predicted octanol–water partition coefficient (Wildman–Crippen LogP) is 2.40. The van der Waals surface area contributed by atoms with Gasteiger partial charge in [-0.1, -0.05) is 13.8 Å². The standard InChI is InChI=1S/C24H31N3O6S/c1-5-26(6-2)34(30,31)21-11-8-19(9-12-21)27-16-18(13-23(27)28)24(29)25-15-17-7-10-20(32-3)14-22(17)33-4/h7-12,14,18H,5-6,13,15-16H2,1-4H3,(H,25,29). The number of hydrogen-bond acceptors (Lipinski definition) is 6. The summed E-state index contributed by atoms with van der Waals surface area (Å²) in [5.74, 6) is 0.343. The van der Waals surface area contributed by atoms with E-state index < -0.39 is 15.9 Å². The molecule has 0 aliphatic carbocycles. The van der Waals surface area contributed by atoms with Crippen LogP contribution in [-0.2, 0) is 26.2 Å². The Balaban J connectivity index is 1.65. The molecule has 1 aliphatic heterocycles. The van der Waals surface area contributed by atoms with Gasteiger partial charge < -0.3 is 19.7 Å². The van der Waals surface area contributed by atoms with Crippen molar-refractivity contribution >= 4 is 27.5 Å². The predicted molar refractivity (Wildman–Crippen MR) is 128 cm³/mol. The second kappa shape index (κ2) is 10.9. The van der Waals surface area contributed by atoms with Gasteiger partial charge in [-0.05, 0) is 36.4 Å². The number of anilines is 1. The number of hydrogen-bond donors (Lipinski definition) is 1. The highest BCUT2D eigenvalue weighted by molar-refractivity contribution is 7.89. The molecule has 2 aromatic rings. The van der Waals surface area contributed by atoms with Gasteiger partial charge in [0.05, 0.1) is 25.0 Å². The molecule has 1 saturated heterocycles. The third-order valence-corrected chi connectivity index (χ3v) is 8.00. The fourth-order valence-electron chi connectivity index (χ4n) is 3.97. The first kappa shape index (κ1) is 25.5. The van der Waals surface area contributed by atoms with Gasteiger partial charge in [-0.2, -0.15) is 4.31 Å². The average molecular weight is 490 g/mol. The number of benzene rings is 2. The SMILES string of the molecule is CCN(CC)S(=O)(=O)c1ccc(N2CC(C(=O)NCc3ccc(OC)cc3OC)CC2=O)cc1. The molecule has 10 heteroatoms. The quantitative estimate of drug-likeness (QED) is 0.550. The van der Waals surface area contributed by atoms with E-state index in [9.17, 15) is 18.0 Å². The van der Waals surface area contributed by atoms with Crippen LogP contribution in [-0.4, -0.2) is 58.4 Å². The molecule has 0 saturated carbocycles. The summed E-state index contributed by atoms with van der Waals surface area (Å²) in [6.07, 6.45) is 0.0884. The molecule has 2 aromatic carbocycles. The highest BCUT2D eigenvalue weighted by Crippen LogP contribution is 2.28. The lowest BCUT2D eigenvalue weighted by Gasteiger charge is -2.20. The molecule has 1 unspecified atom stereocenters. The maximum Gasteiger partial charge on any atom is 0.243 e. The minimum atomic E-state index is -3.58. The van der Waals surface area contributed by atoms with Gasteiger partial charge in [0.25, 0.3) is 0 Å². The van der Waals surface area contributed by atoms with Crippen molar-refractivity contribution in [1.29, 1.82) is 0 Å². The van der Waals surface area contributed by atoms with Gasteiger partial charge in [-0.25, -0.2) is 8.42 Å². The van der Waals surface area contributed by atoms with Crippen LogP contribution in [0.25, 0.3) is 0 Å². The van der Waals surface area contributed by atoms with Gasteiger partial charge in [0.1, 0.15) is 11.5 Å². The van der Waals surface area contributed by atoms with Gasteiger partial charge in [0.2, 0.25) is 21.8 Å². The van der Waals surface area contributed by atoms with Gasteiger partial charge in [-0.15, -0.1) is 0 Å². The molecule has 0 spiro atoms. The zero-order valence-electron chi connectivity index (χ0n) is 19.9. The van der Waals surface area contributed by atoms with E-state index in [1.54, 1.807) is 52.3 Å². The van der Waals surface area contributed by atoms with E-state index in [4.69, 9.17) is 9.47 Å². The Morgan fingerprint density at radius 1 is 1.09 bits per heavy atom. The average Bonchev–Trinajstić information content (AvgIpc) is 3.24. The first-order valence-corrected chi connectivity index (χ1v) is 12.6. The highest BCUT2D eigenvalue weighted by Gasteiger charge is 2.35. The summed E-state index contributed by atoms with van der Waals surface area (Å²) < 4.78 is 37.3. The molecule has 1 heterocycles. The van der Waals surface area contributed by atoms with Crippen molar-refractivity contribution in [1.82, 2.24) is 9.62 Å². The zero-order chi connectivity index (χ0) is 24.9. The van der Waals surface area contributed by atoms with Crippen LogP contribution in [0.15, 0.2) is 47.4 Å². The van der Waals surface area contributed by atoms with E-state index in [0.717, 1.165) is 5.56 Å². The molecular weight excluding hydrogens is 458 g/mol. The number of nitrogens with one attached hydrogen (secondary N) is 1. The highest BCUT2D eigenvalue weighted by atomic mass is 32.2. The Hall–Kier alpha value is -3.11. The molecule has 1 N–H and O–H groups in total. The van der Waals surface area contributed by atoms with Crippen molar-refractivity contribution < 1.29 is 27.5 Å². The molecule has 0 aromatic heterocycles. The van der Waals surface area contributed by atoms with Crippen molar-refractivity contribution in [3.05, 3.63) is 48.0 Å².